The molecule has 0 aliphatic heterocycles. The molecule has 32 heavy (non-hydrogen) atoms. The van der Waals surface area contributed by atoms with Crippen molar-refractivity contribution >= 4 is 34.7 Å². The molecule has 0 spiro atoms. The predicted molar refractivity (Wildman–Crippen MR) is 124 cm³/mol. The molecule has 4 aromatic rings. The number of rotatable bonds is 6. The fraction of sp³-hybridized carbons (Fsp3) is 0.115. The third-order valence-electron chi connectivity index (χ3n) is 5.14. The topological polar surface area (TPSA) is 69.9 Å². The van der Waals surface area contributed by atoms with Crippen LogP contribution in [0, 0.1) is 0 Å². The summed E-state index contributed by atoms with van der Waals surface area (Å²) in [5, 5.41) is 1.06. The van der Waals surface area contributed by atoms with Gasteiger partial charge in [0.1, 0.15) is 0 Å². The van der Waals surface area contributed by atoms with Crippen LogP contribution in [0.2, 0.25) is 0 Å². The van der Waals surface area contributed by atoms with Crippen molar-refractivity contribution in [3.05, 3.63) is 101 Å². The molecule has 0 radical (unpaired) electrons. The second-order valence-electron chi connectivity index (χ2n) is 7.22. The molecule has 0 amide bonds. The third-order valence-corrected chi connectivity index (χ3v) is 5.14. The van der Waals surface area contributed by atoms with Gasteiger partial charge in [0.25, 0.3) is 0 Å². The van der Waals surface area contributed by atoms with Crippen LogP contribution < -0.4 is 0 Å². The molecule has 160 valence electrons. The van der Waals surface area contributed by atoms with Crippen molar-refractivity contribution in [2.75, 3.05) is 14.2 Å². The van der Waals surface area contributed by atoms with Gasteiger partial charge in [0.2, 0.25) is 0 Å². The van der Waals surface area contributed by atoms with Crippen molar-refractivity contribution in [2.24, 2.45) is 4.99 Å². The van der Waals surface area contributed by atoms with Gasteiger partial charge in [-0.2, -0.15) is 0 Å². The first-order valence-electron chi connectivity index (χ1n) is 10.1. The molecule has 0 bridgehead atoms. The maximum Gasteiger partial charge on any atom is 0.337 e. The molecule has 0 unspecified atom stereocenters. The number of aliphatic imine (C=N–C) groups is 1. The lowest BCUT2D eigenvalue weighted by Crippen LogP contribution is -2.03. The predicted octanol–water partition coefficient (Wildman–Crippen LogP) is 5.01. The lowest BCUT2D eigenvalue weighted by atomic mass is 10.1. The molecule has 6 nitrogen and oxygen atoms in total. The van der Waals surface area contributed by atoms with Crippen LogP contribution in [0.1, 0.15) is 31.8 Å². The highest BCUT2D eigenvalue weighted by Crippen LogP contribution is 2.23. The van der Waals surface area contributed by atoms with E-state index >= 15 is 0 Å². The summed E-state index contributed by atoms with van der Waals surface area (Å²) in [5.41, 5.74) is 4.64. The highest BCUT2D eigenvalue weighted by Gasteiger charge is 2.10. The molecule has 0 fully saturated rings. The summed E-state index contributed by atoms with van der Waals surface area (Å²) in [6, 6.07) is 22.5. The number of methoxy groups -OCH3 is 2. The number of ether oxygens (including phenoxy) is 2. The van der Waals surface area contributed by atoms with Crippen molar-refractivity contribution in [1.29, 1.82) is 0 Å². The van der Waals surface area contributed by atoms with Gasteiger partial charge in [-0.25, -0.2) is 9.59 Å². The molecule has 4 rings (SSSR count). The molecule has 6 heteroatoms. The molecule has 0 saturated heterocycles. The standard InChI is InChI=1S/C26H22N2O4/c1-31-25(29)19-8-5-7-18(13-19)16-28-17-21(23-11-3-4-12-24(23)28)15-27-22-10-6-9-20(14-22)26(30)32-2/h3-15,17H,16H2,1-2H3. The van der Waals surface area contributed by atoms with E-state index < -0.39 is 5.97 Å². The van der Waals surface area contributed by atoms with Crippen LogP contribution in [-0.2, 0) is 16.0 Å². The van der Waals surface area contributed by atoms with E-state index in [2.05, 4.69) is 15.6 Å². The van der Waals surface area contributed by atoms with Crippen molar-refractivity contribution in [2.45, 2.75) is 6.54 Å². The minimum Gasteiger partial charge on any atom is -0.465 e. The summed E-state index contributed by atoms with van der Waals surface area (Å²) >= 11 is 0. The quantitative estimate of drug-likeness (QED) is 0.321. The fourth-order valence-electron chi connectivity index (χ4n) is 3.60. The molecular weight excluding hydrogens is 404 g/mol. The molecule has 0 saturated carbocycles. The highest BCUT2D eigenvalue weighted by molar-refractivity contribution is 6.00. The number of nitrogens with zero attached hydrogens (tertiary/aromatic N) is 2. The normalized spacial score (nSPS) is 11.1. The Hall–Kier alpha value is -4.19. The van der Waals surface area contributed by atoms with Gasteiger partial charge in [-0.05, 0) is 42.0 Å². The Balaban J connectivity index is 1.66. The van der Waals surface area contributed by atoms with Gasteiger partial charge in [0.15, 0.2) is 0 Å². The van der Waals surface area contributed by atoms with Crippen LogP contribution in [0.15, 0.2) is 84.0 Å². The molecule has 0 aliphatic carbocycles. The van der Waals surface area contributed by atoms with Crippen molar-refractivity contribution < 1.29 is 19.1 Å². The number of carbonyl (C=O) groups excluding carboxylic acids is 2. The zero-order chi connectivity index (χ0) is 22.5. The highest BCUT2D eigenvalue weighted by atomic mass is 16.5. The lowest BCUT2D eigenvalue weighted by molar-refractivity contribution is 0.0592. The summed E-state index contributed by atoms with van der Waals surface area (Å²) in [5.74, 6) is -0.751. The Bertz CT molecular complexity index is 1320. The van der Waals surface area contributed by atoms with E-state index in [1.54, 1.807) is 30.5 Å². The van der Waals surface area contributed by atoms with Crippen molar-refractivity contribution in [3.63, 3.8) is 0 Å². The third kappa shape index (κ3) is 4.44. The van der Waals surface area contributed by atoms with Crippen molar-refractivity contribution in [1.82, 2.24) is 4.57 Å². The van der Waals surface area contributed by atoms with Gasteiger partial charge < -0.3 is 14.0 Å². The van der Waals surface area contributed by atoms with Gasteiger partial charge in [-0.1, -0.05) is 36.4 Å². The van der Waals surface area contributed by atoms with Crippen LogP contribution in [-0.4, -0.2) is 36.9 Å². The smallest absolute Gasteiger partial charge is 0.337 e. The van der Waals surface area contributed by atoms with Gasteiger partial charge in [0.05, 0.1) is 31.0 Å². The zero-order valence-corrected chi connectivity index (χ0v) is 17.8. The Labute approximate surface area is 185 Å². The van der Waals surface area contributed by atoms with Crippen LogP contribution in [0.4, 0.5) is 5.69 Å². The van der Waals surface area contributed by atoms with Crippen molar-refractivity contribution in [3.8, 4) is 0 Å². The first-order valence-corrected chi connectivity index (χ1v) is 10.1. The molecule has 1 heterocycles. The van der Waals surface area contributed by atoms with E-state index in [4.69, 9.17) is 9.47 Å². The van der Waals surface area contributed by atoms with E-state index in [9.17, 15) is 9.59 Å². The minimum atomic E-state index is -0.396. The van der Waals surface area contributed by atoms with Crippen LogP contribution in [0.25, 0.3) is 10.9 Å². The Kier molecular flexibility index (Phi) is 6.12. The van der Waals surface area contributed by atoms with E-state index in [1.165, 1.54) is 14.2 Å². The average molecular weight is 426 g/mol. The monoisotopic (exact) mass is 426 g/mol. The first-order chi connectivity index (χ1) is 15.6. The maximum absolute atomic E-state index is 11.9. The Morgan fingerprint density at radius 1 is 0.875 bits per heavy atom. The number of benzene rings is 3. The maximum atomic E-state index is 11.9. The van der Waals surface area contributed by atoms with E-state index in [1.807, 2.05) is 48.7 Å². The molecule has 3 aromatic carbocycles. The van der Waals surface area contributed by atoms with Gasteiger partial charge in [0, 0.05) is 35.4 Å². The van der Waals surface area contributed by atoms with Gasteiger partial charge in [-0.3, -0.25) is 4.99 Å². The summed E-state index contributed by atoms with van der Waals surface area (Å²) in [6.07, 6.45) is 3.82. The number of esters is 2. The molecule has 0 N–H and O–H groups in total. The van der Waals surface area contributed by atoms with Gasteiger partial charge >= 0.3 is 11.9 Å². The lowest BCUT2D eigenvalue weighted by Gasteiger charge is -2.07. The van der Waals surface area contributed by atoms with E-state index in [-0.39, 0.29) is 5.97 Å². The van der Waals surface area contributed by atoms with Gasteiger partial charge in [-0.15, -0.1) is 0 Å². The van der Waals surface area contributed by atoms with Crippen LogP contribution in [0.5, 0.6) is 0 Å². The number of aromatic nitrogens is 1. The number of para-hydroxylation sites is 1. The van der Waals surface area contributed by atoms with Crippen LogP contribution >= 0.6 is 0 Å². The average Bonchev–Trinajstić information content (AvgIpc) is 3.19. The first kappa shape index (κ1) is 21.1. The molecule has 1 aromatic heterocycles. The number of hydrogen-bond donors (Lipinski definition) is 0. The minimum absolute atomic E-state index is 0.355. The SMILES string of the molecule is COC(=O)c1cccc(Cn2cc(C=Nc3cccc(C(=O)OC)c3)c3ccccc32)c1. The number of hydrogen-bond acceptors (Lipinski definition) is 5. The molecular formula is C26H22N2O4. The fourth-order valence-corrected chi connectivity index (χ4v) is 3.60. The second kappa shape index (κ2) is 9.31. The summed E-state index contributed by atoms with van der Waals surface area (Å²) in [4.78, 5) is 28.2. The summed E-state index contributed by atoms with van der Waals surface area (Å²) < 4.78 is 11.7. The Morgan fingerprint density at radius 3 is 2.31 bits per heavy atom. The summed E-state index contributed by atoms with van der Waals surface area (Å²) in [6.45, 7) is 0.594. The number of carbonyl (C=O) groups is 2. The zero-order valence-electron chi connectivity index (χ0n) is 17.8. The Morgan fingerprint density at radius 2 is 1.56 bits per heavy atom. The van der Waals surface area contributed by atoms with E-state index in [0.29, 0.717) is 23.4 Å². The largest absolute Gasteiger partial charge is 0.465 e. The summed E-state index contributed by atoms with van der Waals surface area (Å²) in [7, 11) is 2.73. The van der Waals surface area contributed by atoms with Crippen LogP contribution in [0.3, 0.4) is 0 Å². The van der Waals surface area contributed by atoms with E-state index in [0.717, 1.165) is 22.0 Å². The molecule has 0 aliphatic rings. The number of fused-ring (bicyclic) bond motifs is 1. The molecule has 0 atom stereocenters. The second-order valence-corrected chi connectivity index (χ2v) is 7.22.